The first-order chi connectivity index (χ1) is 9.16. The third-order valence-electron chi connectivity index (χ3n) is 2.90. The average molecular weight is 365 g/mol. The molecule has 0 fully saturated rings. The predicted octanol–water partition coefficient (Wildman–Crippen LogP) is 3.74. The Morgan fingerprint density at radius 3 is 2.58 bits per heavy atom. The highest BCUT2D eigenvalue weighted by molar-refractivity contribution is 14.1. The number of nitrogens with zero attached hydrogens (tertiary/aromatic N) is 2. The molecule has 1 aromatic heterocycles. The van der Waals surface area contributed by atoms with Crippen molar-refractivity contribution in [3.8, 4) is 11.1 Å². The number of nitro benzene ring substituents is 1. The molecule has 0 aliphatic heterocycles. The lowest BCUT2D eigenvalue weighted by atomic mass is 10.0. The first-order valence-corrected chi connectivity index (χ1v) is 6.62. The molecule has 0 radical (unpaired) electrons. The topological polar surface area (TPSA) is 71.8 Å². The fourth-order valence-corrected chi connectivity index (χ4v) is 2.54. The Balaban J connectivity index is 2.33. The lowest BCUT2D eigenvalue weighted by Gasteiger charge is -2.02. The average Bonchev–Trinajstić information content (AvgIpc) is 2.80. The predicted molar refractivity (Wildman–Crippen MR) is 80.9 cm³/mol. The van der Waals surface area contributed by atoms with Crippen LogP contribution in [-0.2, 0) is 0 Å². The van der Waals surface area contributed by atoms with Crippen LogP contribution in [0.5, 0.6) is 0 Å². The molecule has 5 nitrogen and oxygen atoms in total. The van der Waals surface area contributed by atoms with Crippen LogP contribution in [0.2, 0.25) is 0 Å². The van der Waals surface area contributed by atoms with Gasteiger partial charge in [-0.15, -0.1) is 0 Å². The van der Waals surface area contributed by atoms with Gasteiger partial charge < -0.3 is 0 Å². The van der Waals surface area contributed by atoms with E-state index in [-0.39, 0.29) is 5.69 Å². The van der Waals surface area contributed by atoms with Crippen LogP contribution in [0, 0.1) is 13.8 Å². The van der Waals surface area contributed by atoms with Crippen LogP contribution in [0.4, 0.5) is 5.69 Å². The highest BCUT2D eigenvalue weighted by atomic mass is 127. The third-order valence-corrected chi connectivity index (χ3v) is 3.72. The molecule has 0 aliphatic rings. The van der Waals surface area contributed by atoms with E-state index in [0.29, 0.717) is 5.52 Å². The third kappa shape index (κ3) is 2.07. The van der Waals surface area contributed by atoms with Crippen molar-refractivity contribution in [2.24, 2.45) is 0 Å². The Labute approximate surface area is 121 Å². The van der Waals surface area contributed by atoms with E-state index in [0.717, 1.165) is 20.2 Å². The number of hydrogen-bond acceptors (Lipinski definition) is 3. The van der Waals surface area contributed by atoms with Gasteiger partial charge in [0.2, 0.25) is 0 Å². The molecule has 94 valence electrons. The van der Waals surface area contributed by atoms with Crippen molar-refractivity contribution in [3.63, 3.8) is 0 Å². The van der Waals surface area contributed by atoms with Gasteiger partial charge in [0.25, 0.3) is 5.69 Å². The maximum atomic E-state index is 11.2. The molecule has 0 saturated heterocycles. The van der Waals surface area contributed by atoms with Gasteiger partial charge in [-0.25, -0.2) is 0 Å². The molecule has 0 unspecified atom stereocenters. The summed E-state index contributed by atoms with van der Waals surface area (Å²) in [6, 6.07) is 13.1. The van der Waals surface area contributed by atoms with Gasteiger partial charge in [0, 0.05) is 11.5 Å². The molecule has 1 N–H and O–H groups in total. The molecule has 6 heteroatoms. The molecule has 0 amide bonds. The number of aromatic amines is 1. The van der Waals surface area contributed by atoms with Gasteiger partial charge >= 0.3 is 0 Å². The summed E-state index contributed by atoms with van der Waals surface area (Å²) in [5.41, 5.74) is 2.19. The summed E-state index contributed by atoms with van der Waals surface area (Å²) in [5.74, 6) is 0. The molecule has 3 rings (SSSR count). The van der Waals surface area contributed by atoms with Gasteiger partial charge in [-0.3, -0.25) is 15.2 Å². The quantitative estimate of drug-likeness (QED) is 0.427. The van der Waals surface area contributed by atoms with Crippen molar-refractivity contribution < 1.29 is 4.92 Å². The Kier molecular flexibility index (Phi) is 2.94. The zero-order valence-corrected chi connectivity index (χ0v) is 11.8. The minimum absolute atomic E-state index is 0.0236. The molecule has 3 aromatic rings. The Morgan fingerprint density at radius 1 is 1.16 bits per heavy atom. The molecule has 1 heterocycles. The Hall–Kier alpha value is -1.96. The fraction of sp³-hybridized carbons (Fsp3) is 0. The minimum atomic E-state index is -0.397. The van der Waals surface area contributed by atoms with Gasteiger partial charge in [0.1, 0.15) is 3.70 Å². The van der Waals surface area contributed by atoms with Crippen molar-refractivity contribution in [1.82, 2.24) is 10.2 Å². The summed E-state index contributed by atoms with van der Waals surface area (Å²) in [5, 5.41) is 18.7. The van der Waals surface area contributed by atoms with Crippen molar-refractivity contribution in [2.45, 2.75) is 0 Å². The number of H-pyrrole nitrogens is 1. The molecule has 0 aliphatic carbocycles. The van der Waals surface area contributed by atoms with Crippen LogP contribution < -0.4 is 0 Å². The first-order valence-electron chi connectivity index (χ1n) is 5.54. The van der Waals surface area contributed by atoms with Crippen LogP contribution in [-0.4, -0.2) is 15.1 Å². The van der Waals surface area contributed by atoms with Gasteiger partial charge in [-0.2, -0.15) is 5.10 Å². The first kappa shape index (κ1) is 12.1. The summed E-state index contributed by atoms with van der Waals surface area (Å²) in [7, 11) is 0. The summed E-state index contributed by atoms with van der Waals surface area (Å²) in [6.45, 7) is 0. The molecule has 0 spiro atoms. The maximum absolute atomic E-state index is 11.2. The second-order valence-corrected chi connectivity index (χ2v) is 5.13. The van der Waals surface area contributed by atoms with Gasteiger partial charge in [0.15, 0.2) is 5.52 Å². The molecule has 0 atom stereocenters. The minimum Gasteiger partial charge on any atom is -0.271 e. The van der Waals surface area contributed by atoms with Gasteiger partial charge in [-0.1, -0.05) is 30.3 Å². The molecule has 19 heavy (non-hydrogen) atoms. The number of benzene rings is 2. The van der Waals surface area contributed by atoms with E-state index in [2.05, 4.69) is 32.8 Å². The standard InChI is InChI=1S/C13H8IN3O2/c14-13-10-6-9(8-4-2-1-3-5-8)7-11(17(18)19)12(10)15-16-13/h1-7H,(H,15,16). The molecular formula is C13H8IN3O2. The summed E-state index contributed by atoms with van der Waals surface area (Å²) >= 11 is 2.09. The molecule has 2 aromatic carbocycles. The zero-order valence-electron chi connectivity index (χ0n) is 9.63. The molecular weight excluding hydrogens is 357 g/mol. The highest BCUT2D eigenvalue weighted by Crippen LogP contribution is 2.32. The number of hydrogen-bond donors (Lipinski definition) is 1. The van der Waals surface area contributed by atoms with Crippen molar-refractivity contribution in [3.05, 3.63) is 56.3 Å². The SMILES string of the molecule is O=[N+]([O-])c1cc(-c2ccccc2)cc2c(I)[nH]nc12. The lowest BCUT2D eigenvalue weighted by molar-refractivity contribution is -0.383. The van der Waals surface area contributed by atoms with E-state index < -0.39 is 4.92 Å². The van der Waals surface area contributed by atoms with E-state index in [1.807, 2.05) is 36.4 Å². The summed E-state index contributed by atoms with van der Waals surface area (Å²) < 4.78 is 0.800. The van der Waals surface area contributed by atoms with Crippen LogP contribution in [0.3, 0.4) is 0 Å². The zero-order chi connectivity index (χ0) is 13.4. The van der Waals surface area contributed by atoms with Gasteiger partial charge in [-0.05, 0) is 39.8 Å². The number of nitrogens with one attached hydrogen (secondary N) is 1. The lowest BCUT2D eigenvalue weighted by Crippen LogP contribution is -1.91. The fourth-order valence-electron chi connectivity index (χ4n) is 2.01. The monoisotopic (exact) mass is 365 g/mol. The number of nitro groups is 1. The number of rotatable bonds is 2. The van der Waals surface area contributed by atoms with E-state index in [4.69, 9.17) is 0 Å². The van der Waals surface area contributed by atoms with Crippen LogP contribution in [0.15, 0.2) is 42.5 Å². The normalized spacial score (nSPS) is 10.8. The van der Waals surface area contributed by atoms with Crippen molar-refractivity contribution >= 4 is 39.2 Å². The van der Waals surface area contributed by atoms with Crippen molar-refractivity contribution in [1.29, 1.82) is 0 Å². The second-order valence-electron chi connectivity index (χ2n) is 4.05. The van der Waals surface area contributed by atoms with E-state index in [9.17, 15) is 10.1 Å². The van der Waals surface area contributed by atoms with E-state index in [1.165, 1.54) is 0 Å². The van der Waals surface area contributed by atoms with E-state index in [1.54, 1.807) is 6.07 Å². The summed E-state index contributed by atoms with van der Waals surface area (Å²) in [4.78, 5) is 10.8. The number of halogens is 1. The van der Waals surface area contributed by atoms with Crippen LogP contribution >= 0.6 is 22.6 Å². The highest BCUT2D eigenvalue weighted by Gasteiger charge is 2.18. The second kappa shape index (κ2) is 4.61. The van der Waals surface area contributed by atoms with Crippen LogP contribution in [0.25, 0.3) is 22.0 Å². The number of aromatic nitrogens is 2. The van der Waals surface area contributed by atoms with Gasteiger partial charge in [0.05, 0.1) is 4.92 Å². The number of fused-ring (bicyclic) bond motifs is 1. The molecule has 0 bridgehead atoms. The molecule has 0 saturated carbocycles. The van der Waals surface area contributed by atoms with Crippen LogP contribution in [0.1, 0.15) is 0 Å². The summed E-state index contributed by atoms with van der Waals surface area (Å²) in [6.07, 6.45) is 0. The van der Waals surface area contributed by atoms with E-state index >= 15 is 0 Å². The Bertz CT molecular complexity index is 768. The van der Waals surface area contributed by atoms with Crippen molar-refractivity contribution in [2.75, 3.05) is 0 Å². The largest absolute Gasteiger partial charge is 0.297 e. The Morgan fingerprint density at radius 2 is 1.89 bits per heavy atom. The number of non-ortho nitro benzene ring substituents is 1. The smallest absolute Gasteiger partial charge is 0.271 e. The maximum Gasteiger partial charge on any atom is 0.297 e.